The number of halogens is 2. The van der Waals surface area contributed by atoms with Gasteiger partial charge in [-0.05, 0) is 29.6 Å². The first-order valence-corrected chi connectivity index (χ1v) is 7.32. The van der Waals surface area contributed by atoms with Crippen LogP contribution in [-0.2, 0) is 9.59 Å². The normalized spacial score (nSPS) is 10.6. The van der Waals surface area contributed by atoms with Crippen LogP contribution >= 0.6 is 34.5 Å². The predicted molar refractivity (Wildman–Crippen MR) is 85.1 cm³/mol. The Hall–Kier alpha value is -1.89. The molecule has 2 aromatic rings. The third-order valence-corrected chi connectivity index (χ3v) is 3.47. The summed E-state index contributed by atoms with van der Waals surface area (Å²) >= 11 is 13.0. The van der Waals surface area contributed by atoms with Crippen molar-refractivity contribution >= 4 is 58.3 Å². The first-order valence-electron chi connectivity index (χ1n) is 5.68. The molecule has 0 aliphatic carbocycles. The molecule has 8 heteroatoms. The van der Waals surface area contributed by atoms with Crippen LogP contribution in [-0.4, -0.2) is 18.0 Å². The minimum absolute atomic E-state index is 0.329. The third-order valence-electron chi connectivity index (χ3n) is 2.23. The number of amides is 2. The monoisotopic (exact) mass is 341 g/mol. The molecule has 1 heterocycles. The van der Waals surface area contributed by atoms with Crippen LogP contribution in [0.25, 0.3) is 0 Å². The molecule has 0 fully saturated rings. The number of benzene rings is 1. The number of hydrazone groups is 1. The summed E-state index contributed by atoms with van der Waals surface area (Å²) in [7, 11) is 0. The molecule has 21 heavy (non-hydrogen) atoms. The molecule has 0 saturated carbocycles. The maximum atomic E-state index is 11.6. The van der Waals surface area contributed by atoms with Crippen LogP contribution in [0, 0.1) is 0 Å². The van der Waals surface area contributed by atoms with Gasteiger partial charge in [0.1, 0.15) is 0 Å². The van der Waals surface area contributed by atoms with Crippen LogP contribution in [0.15, 0.2) is 40.8 Å². The van der Waals surface area contributed by atoms with E-state index in [1.54, 1.807) is 0 Å². The molecule has 0 aliphatic rings. The van der Waals surface area contributed by atoms with Crippen molar-refractivity contribution in [3.8, 4) is 0 Å². The van der Waals surface area contributed by atoms with Gasteiger partial charge in [0.2, 0.25) is 0 Å². The second-order valence-electron chi connectivity index (χ2n) is 3.83. The first-order chi connectivity index (χ1) is 10.0. The fourth-order valence-corrected chi connectivity index (χ4v) is 2.49. The molecule has 0 spiro atoms. The van der Waals surface area contributed by atoms with Crippen LogP contribution < -0.4 is 10.7 Å². The van der Waals surface area contributed by atoms with E-state index in [-0.39, 0.29) is 0 Å². The highest BCUT2D eigenvalue weighted by Crippen LogP contribution is 2.22. The lowest BCUT2D eigenvalue weighted by Crippen LogP contribution is -2.32. The number of hydrogen-bond acceptors (Lipinski definition) is 4. The maximum absolute atomic E-state index is 11.6. The molecule has 2 amide bonds. The molecule has 0 aliphatic heterocycles. The summed E-state index contributed by atoms with van der Waals surface area (Å²) in [6.45, 7) is 0. The second kappa shape index (κ2) is 7.21. The second-order valence-corrected chi connectivity index (χ2v) is 5.68. The number of nitrogens with zero attached hydrogens (tertiary/aromatic N) is 1. The van der Waals surface area contributed by atoms with Crippen LogP contribution in [0.3, 0.4) is 0 Å². The number of carbonyl (C=O) groups excluding carboxylic acids is 2. The molecular formula is C13H9Cl2N3O2S. The van der Waals surface area contributed by atoms with Crippen LogP contribution in [0.1, 0.15) is 4.88 Å². The van der Waals surface area contributed by atoms with Crippen molar-refractivity contribution in [2.24, 2.45) is 5.10 Å². The Morgan fingerprint density at radius 2 is 1.86 bits per heavy atom. The zero-order chi connectivity index (χ0) is 15.2. The molecule has 1 aromatic heterocycles. The van der Waals surface area contributed by atoms with E-state index >= 15 is 0 Å². The Kier molecular flexibility index (Phi) is 5.32. The number of carbonyl (C=O) groups is 2. The van der Waals surface area contributed by atoms with Crippen molar-refractivity contribution in [3.05, 3.63) is 50.6 Å². The summed E-state index contributed by atoms with van der Waals surface area (Å²) in [6, 6.07) is 8.16. The summed E-state index contributed by atoms with van der Waals surface area (Å²) in [6.07, 6.45) is 1.45. The van der Waals surface area contributed by atoms with E-state index in [1.165, 1.54) is 35.8 Å². The zero-order valence-electron chi connectivity index (χ0n) is 10.5. The largest absolute Gasteiger partial charge is 0.329 e. The topological polar surface area (TPSA) is 70.6 Å². The molecule has 2 N–H and O–H groups in total. The number of hydrogen-bond donors (Lipinski definition) is 2. The van der Waals surface area contributed by atoms with Crippen molar-refractivity contribution in [3.63, 3.8) is 0 Å². The molecule has 0 saturated heterocycles. The SMILES string of the molecule is O=C(N/N=C\c1cccs1)C(=O)Nc1cc(Cl)cc(Cl)c1. The summed E-state index contributed by atoms with van der Waals surface area (Å²) < 4.78 is 0. The van der Waals surface area contributed by atoms with Gasteiger partial charge in [-0.2, -0.15) is 5.10 Å². The van der Waals surface area contributed by atoms with Crippen molar-refractivity contribution in [1.82, 2.24) is 5.43 Å². The highest BCUT2D eigenvalue weighted by Gasteiger charge is 2.13. The molecule has 0 radical (unpaired) electrons. The lowest BCUT2D eigenvalue weighted by molar-refractivity contribution is -0.136. The van der Waals surface area contributed by atoms with Crippen molar-refractivity contribution in [1.29, 1.82) is 0 Å². The smallest absolute Gasteiger partial charge is 0.318 e. The third kappa shape index (κ3) is 4.86. The Balaban J connectivity index is 1.92. The average molecular weight is 342 g/mol. The quantitative estimate of drug-likeness (QED) is 0.511. The highest BCUT2D eigenvalue weighted by molar-refractivity contribution is 7.11. The van der Waals surface area contributed by atoms with E-state index < -0.39 is 11.8 Å². The van der Waals surface area contributed by atoms with Crippen LogP contribution in [0.2, 0.25) is 10.0 Å². The van der Waals surface area contributed by atoms with E-state index in [4.69, 9.17) is 23.2 Å². The van der Waals surface area contributed by atoms with Crippen molar-refractivity contribution < 1.29 is 9.59 Å². The average Bonchev–Trinajstić information content (AvgIpc) is 2.90. The fourth-order valence-electron chi connectivity index (χ4n) is 1.38. The fraction of sp³-hybridized carbons (Fsp3) is 0. The summed E-state index contributed by atoms with van der Waals surface area (Å²) in [5.41, 5.74) is 2.46. The van der Waals surface area contributed by atoms with Gasteiger partial charge in [0, 0.05) is 20.6 Å². The minimum atomic E-state index is -0.890. The first kappa shape index (κ1) is 15.5. The van der Waals surface area contributed by atoms with Crippen molar-refractivity contribution in [2.75, 3.05) is 5.32 Å². The molecule has 0 atom stereocenters. The molecule has 0 unspecified atom stereocenters. The molecule has 1 aromatic carbocycles. The minimum Gasteiger partial charge on any atom is -0.318 e. The Bertz CT molecular complexity index is 666. The highest BCUT2D eigenvalue weighted by atomic mass is 35.5. The number of rotatable bonds is 3. The van der Waals surface area contributed by atoms with Gasteiger partial charge < -0.3 is 5.32 Å². The van der Waals surface area contributed by atoms with Crippen LogP contribution in [0.5, 0.6) is 0 Å². The van der Waals surface area contributed by atoms with E-state index in [0.717, 1.165) is 4.88 Å². The van der Waals surface area contributed by atoms with Gasteiger partial charge in [-0.1, -0.05) is 29.3 Å². The van der Waals surface area contributed by atoms with Crippen molar-refractivity contribution in [2.45, 2.75) is 0 Å². The molecule has 108 valence electrons. The predicted octanol–water partition coefficient (Wildman–Crippen LogP) is 3.14. The summed E-state index contributed by atoms with van der Waals surface area (Å²) in [5, 5.41) is 8.65. The van der Waals surface area contributed by atoms with Gasteiger partial charge in [-0.25, -0.2) is 5.43 Å². The van der Waals surface area contributed by atoms with Gasteiger partial charge in [0.05, 0.1) is 6.21 Å². The lowest BCUT2D eigenvalue weighted by atomic mass is 10.3. The van der Waals surface area contributed by atoms with E-state index in [2.05, 4.69) is 15.8 Å². The molecule has 0 bridgehead atoms. The lowest BCUT2D eigenvalue weighted by Gasteiger charge is -2.05. The number of nitrogens with one attached hydrogen (secondary N) is 2. The Morgan fingerprint density at radius 3 is 2.48 bits per heavy atom. The van der Waals surface area contributed by atoms with Crippen LogP contribution in [0.4, 0.5) is 5.69 Å². The zero-order valence-corrected chi connectivity index (χ0v) is 12.8. The number of anilines is 1. The van der Waals surface area contributed by atoms with Gasteiger partial charge in [0.15, 0.2) is 0 Å². The molecule has 2 rings (SSSR count). The van der Waals surface area contributed by atoms with Gasteiger partial charge in [-0.15, -0.1) is 11.3 Å². The molecule has 5 nitrogen and oxygen atoms in total. The van der Waals surface area contributed by atoms with E-state index in [9.17, 15) is 9.59 Å². The standard InChI is InChI=1S/C13H9Cl2N3O2S/c14-8-4-9(15)6-10(5-8)17-12(19)13(20)18-16-7-11-2-1-3-21-11/h1-7H,(H,17,19)(H,18,20)/b16-7-. The Morgan fingerprint density at radius 1 is 1.14 bits per heavy atom. The maximum Gasteiger partial charge on any atom is 0.329 e. The molecular weight excluding hydrogens is 333 g/mol. The number of thiophene rings is 1. The van der Waals surface area contributed by atoms with E-state index in [0.29, 0.717) is 15.7 Å². The van der Waals surface area contributed by atoms with Gasteiger partial charge in [0.25, 0.3) is 0 Å². The summed E-state index contributed by atoms with van der Waals surface area (Å²) in [5.74, 6) is -1.75. The van der Waals surface area contributed by atoms with Gasteiger partial charge >= 0.3 is 11.8 Å². The van der Waals surface area contributed by atoms with E-state index in [1.807, 2.05) is 17.5 Å². The Labute approximate surface area is 134 Å². The van der Waals surface area contributed by atoms with Gasteiger partial charge in [-0.3, -0.25) is 9.59 Å². The summed E-state index contributed by atoms with van der Waals surface area (Å²) in [4.78, 5) is 24.1.